The van der Waals surface area contributed by atoms with Crippen LogP contribution in [0.4, 0.5) is 5.69 Å². The van der Waals surface area contributed by atoms with Crippen LogP contribution in [0.15, 0.2) is 47.4 Å². The van der Waals surface area contributed by atoms with Gasteiger partial charge in [0, 0.05) is 18.3 Å². The number of nitrogens with zero attached hydrogens (tertiary/aromatic N) is 1. The fourth-order valence-corrected chi connectivity index (χ4v) is 4.40. The minimum atomic E-state index is -1.00. The zero-order valence-electron chi connectivity index (χ0n) is 19.1. The molecule has 0 bridgehead atoms. The van der Waals surface area contributed by atoms with Crippen molar-refractivity contribution in [2.75, 3.05) is 32.2 Å². The number of rotatable bonds is 11. The van der Waals surface area contributed by atoms with Crippen molar-refractivity contribution in [3.05, 3.63) is 52.9 Å². The molecule has 1 saturated heterocycles. The zero-order valence-corrected chi connectivity index (χ0v) is 20.7. The number of carbonyl (C=O) groups excluding carboxylic acids is 2. The number of aliphatic carboxylic acids is 1. The highest BCUT2D eigenvalue weighted by Gasteiger charge is 2.32. The Morgan fingerprint density at radius 3 is 2.69 bits per heavy atom. The first-order chi connectivity index (χ1) is 16.8. The number of anilines is 1. The first kappa shape index (κ1) is 26.0. The lowest BCUT2D eigenvalue weighted by Crippen LogP contribution is -2.30. The minimum absolute atomic E-state index is 0.0200. The van der Waals surface area contributed by atoms with Crippen molar-refractivity contribution < 1.29 is 33.7 Å². The maximum absolute atomic E-state index is 12.6. The Kier molecular flexibility index (Phi) is 9.10. The maximum atomic E-state index is 12.6. The Morgan fingerprint density at radius 2 is 1.97 bits per heavy atom. The van der Waals surface area contributed by atoms with Crippen LogP contribution < -0.4 is 19.5 Å². The van der Waals surface area contributed by atoms with Crippen LogP contribution >= 0.6 is 24.0 Å². The molecule has 2 aromatic carbocycles. The fourth-order valence-electron chi connectivity index (χ4n) is 3.09. The zero-order chi connectivity index (χ0) is 25.4. The maximum Gasteiger partial charge on any atom is 0.305 e. The first-order valence-electron chi connectivity index (χ1n) is 10.6. The number of thioether (sulfide) groups is 1. The number of nitrogens with one attached hydrogen (secondary N) is 1. The van der Waals surface area contributed by atoms with Gasteiger partial charge in [-0.2, -0.15) is 0 Å². The van der Waals surface area contributed by atoms with Gasteiger partial charge in [-0.25, -0.2) is 0 Å². The number of carboxylic acids is 1. The van der Waals surface area contributed by atoms with Crippen molar-refractivity contribution >= 4 is 57.8 Å². The molecule has 0 unspecified atom stereocenters. The Hall–Kier alpha value is -3.57. The van der Waals surface area contributed by atoms with Crippen LogP contribution in [0.2, 0.25) is 0 Å². The van der Waals surface area contributed by atoms with Crippen molar-refractivity contribution in [3.63, 3.8) is 0 Å². The average Bonchev–Trinajstić information content (AvgIpc) is 3.09. The highest BCUT2D eigenvalue weighted by Crippen LogP contribution is 2.35. The second-order valence-corrected chi connectivity index (χ2v) is 8.86. The summed E-state index contributed by atoms with van der Waals surface area (Å²) in [6.45, 7) is 1.97. The van der Waals surface area contributed by atoms with E-state index in [0.29, 0.717) is 44.3 Å². The van der Waals surface area contributed by atoms with E-state index >= 15 is 0 Å². The summed E-state index contributed by atoms with van der Waals surface area (Å²) < 4.78 is 16.8. The van der Waals surface area contributed by atoms with E-state index < -0.39 is 5.97 Å². The Bertz CT molecular complexity index is 1170. The Morgan fingerprint density at radius 1 is 1.17 bits per heavy atom. The molecule has 35 heavy (non-hydrogen) atoms. The first-order valence-corrected chi connectivity index (χ1v) is 11.8. The lowest BCUT2D eigenvalue weighted by molar-refractivity contribution is -0.137. The monoisotopic (exact) mass is 516 g/mol. The number of hydrogen-bond acceptors (Lipinski definition) is 8. The summed E-state index contributed by atoms with van der Waals surface area (Å²) in [5.41, 5.74) is 1.25. The van der Waals surface area contributed by atoms with E-state index in [9.17, 15) is 14.4 Å². The van der Waals surface area contributed by atoms with Crippen LogP contribution in [0.25, 0.3) is 6.08 Å². The molecule has 2 N–H and O–H groups in total. The number of carbonyl (C=O) groups is 3. The van der Waals surface area contributed by atoms with Crippen molar-refractivity contribution in [3.8, 4) is 17.2 Å². The molecule has 0 saturated carbocycles. The second-order valence-electron chi connectivity index (χ2n) is 7.19. The largest absolute Gasteiger partial charge is 0.497 e. The van der Waals surface area contributed by atoms with Crippen LogP contribution in [0.5, 0.6) is 17.2 Å². The van der Waals surface area contributed by atoms with Crippen molar-refractivity contribution in [2.45, 2.75) is 13.3 Å². The molecule has 0 spiro atoms. The molecule has 2 aromatic rings. The highest BCUT2D eigenvalue weighted by molar-refractivity contribution is 8.26. The summed E-state index contributed by atoms with van der Waals surface area (Å²) in [6.07, 6.45) is 1.47. The number of carboxylic acid groups (broad SMARTS) is 1. The van der Waals surface area contributed by atoms with Gasteiger partial charge in [-0.3, -0.25) is 19.3 Å². The third-order valence-corrected chi connectivity index (χ3v) is 6.08. The van der Waals surface area contributed by atoms with E-state index in [1.165, 1.54) is 4.90 Å². The number of methoxy groups -OCH3 is 1. The van der Waals surface area contributed by atoms with Crippen molar-refractivity contribution in [1.82, 2.24) is 4.90 Å². The molecule has 0 radical (unpaired) electrons. The summed E-state index contributed by atoms with van der Waals surface area (Å²) in [4.78, 5) is 37.4. The minimum Gasteiger partial charge on any atom is -0.497 e. The highest BCUT2D eigenvalue weighted by atomic mass is 32.2. The van der Waals surface area contributed by atoms with E-state index in [-0.39, 0.29) is 31.4 Å². The van der Waals surface area contributed by atoms with Gasteiger partial charge in [0.05, 0.1) is 25.0 Å². The molecule has 11 heteroatoms. The van der Waals surface area contributed by atoms with Crippen molar-refractivity contribution in [2.24, 2.45) is 0 Å². The van der Waals surface area contributed by atoms with E-state index in [1.54, 1.807) is 55.7 Å². The van der Waals surface area contributed by atoms with Crippen LogP contribution in [0.1, 0.15) is 18.9 Å². The molecule has 184 valence electrons. The van der Waals surface area contributed by atoms with Gasteiger partial charge in [0.1, 0.15) is 10.1 Å². The molecule has 2 amide bonds. The number of hydrogen-bond donors (Lipinski definition) is 2. The number of thiocarbonyl (C=S) groups is 1. The van der Waals surface area contributed by atoms with E-state index in [4.69, 9.17) is 31.5 Å². The van der Waals surface area contributed by atoms with E-state index in [1.807, 2.05) is 6.92 Å². The lowest BCUT2D eigenvalue weighted by atomic mass is 10.2. The Labute approximate surface area is 212 Å². The second kappa shape index (κ2) is 12.2. The van der Waals surface area contributed by atoms with Gasteiger partial charge in [-0.15, -0.1) is 0 Å². The quantitative estimate of drug-likeness (QED) is 0.340. The average molecular weight is 517 g/mol. The molecule has 1 aliphatic rings. The van der Waals surface area contributed by atoms with Gasteiger partial charge in [0.2, 0.25) is 0 Å². The van der Waals surface area contributed by atoms with Crippen LogP contribution in [0.3, 0.4) is 0 Å². The SMILES string of the molecule is CCOc1cc(/C=C2\SC(=S)N(CCC(=O)O)C2=O)ccc1OCC(=O)Nc1cccc(OC)c1. The molecule has 1 heterocycles. The number of benzene rings is 2. The molecule has 3 rings (SSSR count). The normalized spacial score (nSPS) is 14.2. The van der Waals surface area contributed by atoms with Crippen LogP contribution in [-0.2, 0) is 14.4 Å². The Balaban J connectivity index is 1.68. The van der Waals surface area contributed by atoms with Crippen LogP contribution in [0, 0.1) is 0 Å². The summed E-state index contributed by atoms with van der Waals surface area (Å²) in [6, 6.07) is 12.1. The molecule has 1 fully saturated rings. The summed E-state index contributed by atoms with van der Waals surface area (Å²) in [7, 11) is 1.55. The topological polar surface area (TPSA) is 114 Å². The van der Waals surface area contributed by atoms with Gasteiger partial charge in [0.25, 0.3) is 11.8 Å². The van der Waals surface area contributed by atoms with Gasteiger partial charge in [-0.1, -0.05) is 36.1 Å². The van der Waals surface area contributed by atoms with Gasteiger partial charge in [0.15, 0.2) is 18.1 Å². The van der Waals surface area contributed by atoms with E-state index in [2.05, 4.69) is 5.32 Å². The smallest absolute Gasteiger partial charge is 0.305 e. The molecule has 0 aromatic heterocycles. The molecule has 9 nitrogen and oxygen atoms in total. The predicted molar refractivity (Wildman–Crippen MR) is 137 cm³/mol. The predicted octanol–water partition coefficient (Wildman–Crippen LogP) is 3.79. The standard InChI is InChI=1S/C24H24N2O7S2/c1-3-32-19-11-15(12-20-23(30)26(24(34)35-20)10-9-22(28)29)7-8-18(19)33-14-21(27)25-16-5-4-6-17(13-16)31-2/h4-8,11-13H,3,9-10,14H2,1-2H3,(H,25,27)(H,28,29)/b20-12-. The fraction of sp³-hybridized carbons (Fsp3) is 0.250. The number of amides is 2. The molecule has 0 atom stereocenters. The van der Waals surface area contributed by atoms with Crippen LogP contribution in [-0.4, -0.2) is 59.0 Å². The third kappa shape index (κ3) is 7.20. The molecular formula is C24H24N2O7S2. The van der Waals surface area contributed by atoms with Gasteiger partial charge >= 0.3 is 5.97 Å². The van der Waals surface area contributed by atoms with Gasteiger partial charge < -0.3 is 24.6 Å². The summed E-state index contributed by atoms with van der Waals surface area (Å²) in [5.74, 6) is -0.284. The summed E-state index contributed by atoms with van der Waals surface area (Å²) >= 11 is 6.33. The van der Waals surface area contributed by atoms with Gasteiger partial charge in [-0.05, 0) is 42.8 Å². The molecule has 1 aliphatic heterocycles. The van der Waals surface area contributed by atoms with E-state index in [0.717, 1.165) is 11.8 Å². The van der Waals surface area contributed by atoms with Crippen molar-refractivity contribution in [1.29, 1.82) is 0 Å². The summed E-state index contributed by atoms with van der Waals surface area (Å²) in [5, 5.41) is 11.6. The number of ether oxygens (including phenoxy) is 3. The molecular weight excluding hydrogens is 492 g/mol. The third-order valence-electron chi connectivity index (χ3n) is 4.70. The lowest BCUT2D eigenvalue weighted by Gasteiger charge is -2.13. The molecule has 0 aliphatic carbocycles.